The van der Waals surface area contributed by atoms with E-state index in [-0.39, 0.29) is 42.2 Å². The molecular weight excluding hydrogens is 410 g/mol. The molecule has 0 fully saturated rings. The summed E-state index contributed by atoms with van der Waals surface area (Å²) in [5, 5.41) is 7.37. The van der Waals surface area contributed by atoms with E-state index in [1.54, 1.807) is 0 Å². The van der Waals surface area contributed by atoms with Crippen LogP contribution >= 0.6 is 11.8 Å². The average Bonchev–Trinajstić information content (AvgIpc) is 3.17. The van der Waals surface area contributed by atoms with E-state index in [9.17, 15) is 14.4 Å². The van der Waals surface area contributed by atoms with E-state index in [4.69, 9.17) is 10.5 Å². The molecule has 2 aromatic heterocycles. The van der Waals surface area contributed by atoms with Gasteiger partial charge in [-0.2, -0.15) is 0 Å². The molecule has 4 N–H and O–H groups in total. The minimum atomic E-state index is -0.709. The van der Waals surface area contributed by atoms with Gasteiger partial charge in [0.05, 0.1) is 12.4 Å². The molecule has 12 heteroatoms. The molecule has 0 bridgehead atoms. The van der Waals surface area contributed by atoms with Gasteiger partial charge in [-0.05, 0) is 6.42 Å². The number of nitrogens with two attached hydrogens (primary N) is 1. The van der Waals surface area contributed by atoms with Gasteiger partial charge in [0.15, 0.2) is 5.69 Å². The molecular formula is C18H29N7O4S. The van der Waals surface area contributed by atoms with Crippen LogP contribution in [0.1, 0.15) is 45.4 Å². The van der Waals surface area contributed by atoms with Gasteiger partial charge in [0, 0.05) is 26.1 Å². The van der Waals surface area contributed by atoms with Gasteiger partial charge in [0.1, 0.15) is 11.6 Å². The lowest BCUT2D eigenvalue weighted by molar-refractivity contribution is -0.116. The second-order valence-electron chi connectivity index (χ2n) is 6.98. The number of hydrogen-bond acceptors (Lipinski definition) is 8. The third-order valence-corrected chi connectivity index (χ3v) is 5.23. The number of hydrogen-bond donors (Lipinski definition) is 3. The number of nitrogens with zero attached hydrogens (tertiary/aromatic N) is 4. The lowest BCUT2D eigenvalue weighted by Crippen LogP contribution is -2.43. The molecule has 11 nitrogen and oxygen atoms in total. The second-order valence-corrected chi connectivity index (χ2v) is 7.93. The van der Waals surface area contributed by atoms with Gasteiger partial charge in [0.25, 0.3) is 5.56 Å². The van der Waals surface area contributed by atoms with E-state index in [1.165, 1.54) is 16.6 Å². The van der Waals surface area contributed by atoms with Gasteiger partial charge in [-0.15, -0.1) is 5.10 Å². The Kier molecular flexibility index (Phi) is 8.66. The Balaban J connectivity index is 2.30. The first-order valence-electron chi connectivity index (χ1n) is 9.77. The van der Waals surface area contributed by atoms with Crippen LogP contribution in [-0.2, 0) is 16.1 Å². The maximum absolute atomic E-state index is 13.0. The summed E-state index contributed by atoms with van der Waals surface area (Å²) in [6.45, 7) is 6.60. The fraction of sp³-hybridized carbons (Fsp3) is 0.611. The third-order valence-electron chi connectivity index (χ3n) is 4.39. The van der Waals surface area contributed by atoms with Gasteiger partial charge in [-0.1, -0.05) is 39.0 Å². The zero-order chi connectivity index (χ0) is 22.3. The van der Waals surface area contributed by atoms with Crippen molar-refractivity contribution < 1.29 is 9.53 Å². The second kappa shape index (κ2) is 11.0. The molecule has 0 saturated carbocycles. The summed E-state index contributed by atoms with van der Waals surface area (Å²) in [5.41, 5.74) is 4.80. The highest BCUT2D eigenvalue weighted by molar-refractivity contribution is 7.99. The van der Waals surface area contributed by atoms with E-state index >= 15 is 0 Å². The van der Waals surface area contributed by atoms with Crippen molar-refractivity contribution in [3.63, 3.8) is 0 Å². The molecule has 0 atom stereocenters. The minimum absolute atomic E-state index is 0.00787. The van der Waals surface area contributed by atoms with Crippen LogP contribution < -0.4 is 21.9 Å². The fourth-order valence-electron chi connectivity index (χ4n) is 2.71. The number of anilines is 2. The highest BCUT2D eigenvalue weighted by Crippen LogP contribution is 2.21. The lowest BCUT2D eigenvalue weighted by Gasteiger charge is -2.24. The number of carbonyl (C=O) groups excluding carboxylic acids is 1. The molecule has 0 radical (unpaired) electrons. The first-order chi connectivity index (χ1) is 14.3. The Bertz CT molecular complexity index is 966. The van der Waals surface area contributed by atoms with E-state index in [2.05, 4.69) is 20.2 Å². The number of thioether (sulfide) groups is 1. The Morgan fingerprint density at radius 1 is 1.37 bits per heavy atom. The highest BCUT2D eigenvalue weighted by Gasteiger charge is 2.24. The summed E-state index contributed by atoms with van der Waals surface area (Å²) in [6.07, 6.45) is 1.55. The van der Waals surface area contributed by atoms with Gasteiger partial charge < -0.3 is 15.4 Å². The smallest absolute Gasteiger partial charge is 0.330 e. The molecule has 0 saturated heterocycles. The van der Waals surface area contributed by atoms with Gasteiger partial charge >= 0.3 is 5.69 Å². The summed E-state index contributed by atoms with van der Waals surface area (Å²) in [4.78, 5) is 45.5. The van der Waals surface area contributed by atoms with Crippen molar-refractivity contribution in [2.24, 2.45) is 0 Å². The molecule has 0 spiro atoms. The number of methoxy groups -OCH3 is 1. The predicted octanol–water partition coefficient (Wildman–Crippen LogP) is 0.932. The van der Waals surface area contributed by atoms with E-state index in [0.717, 1.165) is 24.0 Å². The normalized spacial score (nSPS) is 11.2. The minimum Gasteiger partial charge on any atom is -0.383 e. The van der Waals surface area contributed by atoms with Crippen molar-refractivity contribution in [2.75, 3.05) is 36.6 Å². The van der Waals surface area contributed by atoms with Crippen molar-refractivity contribution in [2.45, 2.75) is 51.2 Å². The number of aromatic nitrogens is 5. The molecule has 166 valence electrons. The highest BCUT2D eigenvalue weighted by atomic mass is 32.2. The average molecular weight is 440 g/mol. The fourth-order valence-corrected chi connectivity index (χ4v) is 3.39. The standard InChI is InChI=1S/C18H29N7O4S/c1-5-6-7-25-14(19)13(16(27)21-18(25)28)24(8-9-29-4)12(26)10-30-17-20-15(11(2)3)22-23-17/h11H,5-10,19H2,1-4H3,(H,20,22,23)(H,21,27,28). The molecule has 0 unspecified atom stereocenters. The van der Waals surface area contributed by atoms with Crippen LogP contribution in [0.15, 0.2) is 14.7 Å². The number of carbonyl (C=O) groups is 1. The summed E-state index contributed by atoms with van der Waals surface area (Å²) in [6, 6.07) is 0. The molecule has 0 aliphatic heterocycles. The number of rotatable bonds is 11. The number of H-pyrrole nitrogens is 2. The van der Waals surface area contributed by atoms with Crippen LogP contribution in [0.5, 0.6) is 0 Å². The number of nitrogen functional groups attached to an aromatic ring is 1. The molecule has 30 heavy (non-hydrogen) atoms. The Hall–Kier alpha value is -2.60. The Labute approximate surface area is 178 Å². The first-order valence-corrected chi connectivity index (χ1v) is 10.8. The van der Waals surface area contributed by atoms with E-state index in [0.29, 0.717) is 18.1 Å². The zero-order valence-corrected chi connectivity index (χ0v) is 18.5. The van der Waals surface area contributed by atoms with Crippen molar-refractivity contribution in [3.05, 3.63) is 26.7 Å². The molecule has 0 aliphatic rings. The van der Waals surface area contributed by atoms with Gasteiger partial charge in [-0.3, -0.25) is 24.2 Å². The summed E-state index contributed by atoms with van der Waals surface area (Å²) >= 11 is 1.15. The predicted molar refractivity (Wildman–Crippen MR) is 116 cm³/mol. The molecule has 0 aromatic carbocycles. The van der Waals surface area contributed by atoms with Crippen LogP contribution in [0.4, 0.5) is 11.5 Å². The third kappa shape index (κ3) is 5.72. The number of ether oxygens (including phenoxy) is 1. The first kappa shape index (κ1) is 23.7. The zero-order valence-electron chi connectivity index (χ0n) is 17.7. The van der Waals surface area contributed by atoms with Crippen LogP contribution in [0.3, 0.4) is 0 Å². The molecule has 2 rings (SSSR count). The summed E-state index contributed by atoms with van der Waals surface area (Å²) < 4.78 is 6.37. The Morgan fingerprint density at radius 3 is 2.70 bits per heavy atom. The maximum Gasteiger partial charge on any atom is 0.330 e. The lowest BCUT2D eigenvalue weighted by atomic mass is 10.2. The summed E-state index contributed by atoms with van der Waals surface area (Å²) in [5.74, 6) is 0.497. The number of aromatic amines is 2. The van der Waals surface area contributed by atoms with Crippen LogP contribution in [0, 0.1) is 0 Å². The van der Waals surface area contributed by atoms with Crippen LogP contribution in [-0.4, -0.2) is 56.7 Å². The van der Waals surface area contributed by atoms with E-state index < -0.39 is 11.2 Å². The Morgan fingerprint density at radius 2 is 2.10 bits per heavy atom. The molecule has 1 amide bonds. The maximum atomic E-state index is 13.0. The molecule has 0 aliphatic carbocycles. The largest absolute Gasteiger partial charge is 0.383 e. The van der Waals surface area contributed by atoms with E-state index in [1.807, 2.05) is 20.8 Å². The quantitative estimate of drug-likeness (QED) is 0.437. The SMILES string of the molecule is CCCCn1c(N)c(N(CCOC)C(=O)CSc2n[nH]c(C(C)C)n2)c(=O)[nH]c1=O. The number of nitrogens with one attached hydrogen (secondary N) is 2. The monoisotopic (exact) mass is 439 g/mol. The van der Waals surface area contributed by atoms with Crippen molar-refractivity contribution in [3.8, 4) is 0 Å². The summed E-state index contributed by atoms with van der Waals surface area (Å²) in [7, 11) is 1.49. The van der Waals surface area contributed by atoms with Crippen LogP contribution in [0.25, 0.3) is 0 Å². The topological polar surface area (TPSA) is 152 Å². The number of unbranched alkanes of at least 4 members (excludes halogenated alkanes) is 1. The number of amides is 1. The van der Waals surface area contributed by atoms with Crippen LogP contribution in [0.2, 0.25) is 0 Å². The van der Waals surface area contributed by atoms with Gasteiger partial charge in [0.2, 0.25) is 11.1 Å². The van der Waals surface area contributed by atoms with Crippen molar-refractivity contribution in [1.82, 2.24) is 24.7 Å². The molecule has 2 aromatic rings. The molecule has 2 heterocycles. The van der Waals surface area contributed by atoms with Crippen molar-refractivity contribution >= 4 is 29.2 Å². The van der Waals surface area contributed by atoms with Crippen molar-refractivity contribution in [1.29, 1.82) is 0 Å². The van der Waals surface area contributed by atoms with Gasteiger partial charge in [-0.25, -0.2) is 9.78 Å².